The zero-order chi connectivity index (χ0) is 10.5. The van der Waals surface area contributed by atoms with Crippen LogP contribution in [0.15, 0.2) is 15.4 Å². The molecule has 2 aromatic rings. The highest BCUT2D eigenvalue weighted by Gasteiger charge is 2.17. The maximum Gasteiger partial charge on any atom is 0.290 e. The first-order chi connectivity index (χ1) is 6.52. The van der Waals surface area contributed by atoms with E-state index >= 15 is 0 Å². The summed E-state index contributed by atoms with van der Waals surface area (Å²) in [4.78, 5) is 11.4. The van der Waals surface area contributed by atoms with E-state index in [1.165, 1.54) is 7.05 Å². The van der Waals surface area contributed by atoms with E-state index in [1.54, 1.807) is 0 Å². The minimum Gasteiger partial charge on any atom is -0.504 e. The van der Waals surface area contributed by atoms with Gasteiger partial charge in [0.05, 0.1) is 5.39 Å². The van der Waals surface area contributed by atoms with Gasteiger partial charge in [0.15, 0.2) is 17.1 Å². The Bertz CT molecular complexity index is 569. The monoisotopic (exact) mass is 215 g/mol. The number of fused-ring (bicyclic) bond motifs is 1. The van der Waals surface area contributed by atoms with Crippen LogP contribution in [0, 0.1) is 0 Å². The standard InChI is InChI=1S/C8H6ClNO4/c1-10-8(13)3-2-4(11)6(12)5(9)7(3)14-10/h2,11-12H,1H3. The van der Waals surface area contributed by atoms with Gasteiger partial charge in [-0.15, -0.1) is 0 Å². The molecule has 0 fully saturated rings. The lowest BCUT2D eigenvalue weighted by atomic mass is 10.2. The molecule has 0 aliphatic rings. The fourth-order valence-electron chi connectivity index (χ4n) is 1.20. The molecule has 0 aliphatic heterocycles. The average Bonchev–Trinajstić information content (AvgIpc) is 2.42. The fourth-order valence-corrected chi connectivity index (χ4v) is 1.44. The number of hydrogen-bond donors (Lipinski definition) is 2. The number of phenolic OH excluding ortho intramolecular Hbond substituents is 2. The van der Waals surface area contributed by atoms with Crippen LogP contribution in [0.3, 0.4) is 0 Å². The Morgan fingerprint density at radius 2 is 2.14 bits per heavy atom. The van der Waals surface area contributed by atoms with Crippen molar-refractivity contribution in [1.29, 1.82) is 0 Å². The molecule has 2 N–H and O–H groups in total. The van der Waals surface area contributed by atoms with E-state index in [1.807, 2.05) is 0 Å². The summed E-state index contributed by atoms with van der Waals surface area (Å²) >= 11 is 5.66. The molecule has 0 radical (unpaired) electrons. The predicted molar refractivity (Wildman–Crippen MR) is 49.8 cm³/mol. The van der Waals surface area contributed by atoms with E-state index < -0.39 is 17.1 Å². The zero-order valence-corrected chi connectivity index (χ0v) is 7.87. The highest BCUT2D eigenvalue weighted by molar-refractivity contribution is 6.36. The molecule has 1 aromatic carbocycles. The molecule has 0 unspecified atom stereocenters. The fraction of sp³-hybridized carbons (Fsp3) is 0.125. The molecule has 0 aliphatic carbocycles. The van der Waals surface area contributed by atoms with Crippen molar-refractivity contribution in [3.63, 3.8) is 0 Å². The minimum absolute atomic E-state index is 0.0643. The molecular weight excluding hydrogens is 210 g/mol. The number of aryl methyl sites for hydroxylation is 1. The highest BCUT2D eigenvalue weighted by Crippen LogP contribution is 2.38. The Morgan fingerprint density at radius 3 is 2.79 bits per heavy atom. The summed E-state index contributed by atoms with van der Waals surface area (Å²) in [5.74, 6) is -0.936. The predicted octanol–water partition coefficient (Wildman–Crippen LogP) is 1.20. The van der Waals surface area contributed by atoms with Crippen molar-refractivity contribution in [2.24, 2.45) is 7.05 Å². The second kappa shape index (κ2) is 2.68. The Kier molecular flexibility index (Phi) is 1.72. The molecular formula is C8H6ClNO4. The Balaban J connectivity index is 3.06. The second-order valence-electron chi connectivity index (χ2n) is 2.83. The van der Waals surface area contributed by atoms with Gasteiger partial charge in [-0.2, -0.15) is 4.74 Å². The lowest BCUT2D eigenvalue weighted by molar-refractivity contribution is 0.323. The maximum absolute atomic E-state index is 11.4. The number of hydrogen-bond acceptors (Lipinski definition) is 4. The number of rotatable bonds is 0. The summed E-state index contributed by atoms with van der Waals surface area (Å²) in [7, 11) is 1.41. The summed E-state index contributed by atoms with van der Waals surface area (Å²) in [6.07, 6.45) is 0. The number of halogens is 1. The first kappa shape index (κ1) is 8.96. The van der Waals surface area contributed by atoms with E-state index in [2.05, 4.69) is 0 Å². The lowest BCUT2D eigenvalue weighted by Crippen LogP contribution is -2.08. The largest absolute Gasteiger partial charge is 0.504 e. The number of aromatic hydroxyl groups is 2. The normalized spacial score (nSPS) is 11.0. The minimum atomic E-state index is -0.492. The van der Waals surface area contributed by atoms with E-state index in [-0.39, 0.29) is 16.0 Å². The van der Waals surface area contributed by atoms with E-state index in [0.717, 1.165) is 10.8 Å². The molecule has 0 amide bonds. The quantitative estimate of drug-likeness (QED) is 0.648. The molecule has 5 nitrogen and oxygen atoms in total. The van der Waals surface area contributed by atoms with Gasteiger partial charge >= 0.3 is 0 Å². The molecule has 0 bridgehead atoms. The van der Waals surface area contributed by atoms with Crippen molar-refractivity contribution < 1.29 is 14.7 Å². The Labute approximate surface area is 82.7 Å². The van der Waals surface area contributed by atoms with Crippen molar-refractivity contribution in [3.05, 3.63) is 21.4 Å². The van der Waals surface area contributed by atoms with Gasteiger partial charge in [-0.05, 0) is 0 Å². The zero-order valence-electron chi connectivity index (χ0n) is 7.11. The smallest absolute Gasteiger partial charge is 0.290 e. The molecule has 1 heterocycles. The van der Waals surface area contributed by atoms with Gasteiger partial charge in [0.1, 0.15) is 5.02 Å². The van der Waals surface area contributed by atoms with Crippen molar-refractivity contribution in [2.45, 2.75) is 0 Å². The summed E-state index contributed by atoms with van der Waals surface area (Å²) in [5, 5.41) is 18.4. The Hall–Kier alpha value is -1.62. The van der Waals surface area contributed by atoms with Gasteiger partial charge in [-0.3, -0.25) is 4.79 Å². The molecule has 0 atom stereocenters. The number of benzene rings is 1. The third-order valence-corrected chi connectivity index (χ3v) is 2.27. The highest BCUT2D eigenvalue weighted by atomic mass is 35.5. The van der Waals surface area contributed by atoms with Crippen molar-refractivity contribution in [3.8, 4) is 11.5 Å². The first-order valence-corrected chi connectivity index (χ1v) is 4.10. The van der Waals surface area contributed by atoms with Crippen LogP contribution in [0.4, 0.5) is 0 Å². The topological polar surface area (TPSA) is 75.6 Å². The maximum atomic E-state index is 11.4. The van der Waals surface area contributed by atoms with E-state index in [0.29, 0.717) is 0 Å². The van der Waals surface area contributed by atoms with Crippen molar-refractivity contribution >= 4 is 22.6 Å². The summed E-state index contributed by atoms with van der Waals surface area (Å²) in [5.41, 5.74) is -0.355. The third kappa shape index (κ3) is 0.990. The summed E-state index contributed by atoms with van der Waals surface area (Å²) in [6.45, 7) is 0. The van der Waals surface area contributed by atoms with E-state index in [9.17, 15) is 15.0 Å². The molecule has 14 heavy (non-hydrogen) atoms. The van der Waals surface area contributed by atoms with Gasteiger partial charge in [0, 0.05) is 13.1 Å². The molecule has 74 valence electrons. The Morgan fingerprint density at radius 1 is 1.50 bits per heavy atom. The third-order valence-electron chi connectivity index (χ3n) is 1.92. The molecule has 0 spiro atoms. The van der Waals surface area contributed by atoms with Crippen LogP contribution >= 0.6 is 11.6 Å². The molecule has 2 rings (SSSR count). The summed E-state index contributed by atoms with van der Waals surface area (Å²) < 4.78 is 5.93. The van der Waals surface area contributed by atoms with Crippen molar-refractivity contribution in [2.75, 3.05) is 0 Å². The van der Waals surface area contributed by atoms with Crippen LogP contribution in [0.2, 0.25) is 5.02 Å². The summed E-state index contributed by atoms with van der Waals surface area (Å²) in [6, 6.07) is 1.11. The van der Waals surface area contributed by atoms with Crippen LogP contribution in [0.25, 0.3) is 11.0 Å². The van der Waals surface area contributed by atoms with Crippen molar-refractivity contribution in [1.82, 2.24) is 4.74 Å². The average molecular weight is 216 g/mol. The van der Waals surface area contributed by atoms with Gasteiger partial charge in [0.2, 0.25) is 0 Å². The first-order valence-electron chi connectivity index (χ1n) is 3.73. The van der Waals surface area contributed by atoms with Crippen LogP contribution in [0.5, 0.6) is 11.5 Å². The van der Waals surface area contributed by atoms with Crippen LogP contribution in [0.1, 0.15) is 0 Å². The van der Waals surface area contributed by atoms with Crippen LogP contribution < -0.4 is 5.56 Å². The molecule has 0 saturated carbocycles. The SMILES string of the molecule is Cn1oc2c(Cl)c(O)c(O)cc2c1=O. The molecule has 6 heteroatoms. The number of aromatic nitrogens is 1. The molecule has 0 saturated heterocycles. The number of nitrogens with zero attached hydrogens (tertiary/aromatic N) is 1. The van der Waals surface area contributed by atoms with Gasteiger partial charge in [-0.1, -0.05) is 11.6 Å². The van der Waals surface area contributed by atoms with E-state index in [4.69, 9.17) is 16.1 Å². The van der Waals surface area contributed by atoms with Crippen LogP contribution in [-0.2, 0) is 7.05 Å². The van der Waals surface area contributed by atoms with Gasteiger partial charge in [0.25, 0.3) is 5.56 Å². The van der Waals surface area contributed by atoms with Gasteiger partial charge < -0.3 is 14.7 Å². The number of phenols is 2. The molecule has 1 aromatic heterocycles. The lowest BCUT2D eigenvalue weighted by Gasteiger charge is -1.98. The van der Waals surface area contributed by atoms with Crippen LogP contribution in [-0.4, -0.2) is 15.0 Å². The second-order valence-corrected chi connectivity index (χ2v) is 3.21. The van der Waals surface area contributed by atoms with Gasteiger partial charge in [-0.25, -0.2) is 0 Å².